The zero-order valence-corrected chi connectivity index (χ0v) is 12.9. The van der Waals surface area contributed by atoms with Crippen LogP contribution in [0.5, 0.6) is 0 Å². The zero-order chi connectivity index (χ0) is 17.0. The largest absolute Gasteiger partial charge is 0.350 e. The Labute approximate surface area is 132 Å². The first-order valence-corrected chi connectivity index (χ1v) is 7.05. The monoisotopic (exact) mass is 315 g/mol. The molecular formula is C16H17N3O4. The number of aryl methyl sites for hydroxylation is 2. The third kappa shape index (κ3) is 4.03. The summed E-state index contributed by atoms with van der Waals surface area (Å²) in [5, 5.41) is 13.6. The van der Waals surface area contributed by atoms with E-state index in [0.29, 0.717) is 6.54 Å². The number of nitro groups is 1. The summed E-state index contributed by atoms with van der Waals surface area (Å²) >= 11 is 0. The maximum absolute atomic E-state index is 12.0. The molecule has 0 atom stereocenters. The molecule has 7 heteroatoms. The van der Waals surface area contributed by atoms with Crippen LogP contribution in [-0.4, -0.2) is 15.4 Å². The third-order valence-corrected chi connectivity index (χ3v) is 3.41. The van der Waals surface area contributed by atoms with Crippen molar-refractivity contribution in [1.82, 2.24) is 9.88 Å². The fourth-order valence-electron chi connectivity index (χ4n) is 2.23. The topological polar surface area (TPSA) is 94.2 Å². The lowest BCUT2D eigenvalue weighted by molar-refractivity contribution is -0.387. The van der Waals surface area contributed by atoms with Crippen molar-refractivity contribution in [3.63, 3.8) is 0 Å². The smallest absolute Gasteiger partial charge is 0.336 e. The van der Waals surface area contributed by atoms with Crippen LogP contribution in [0, 0.1) is 24.0 Å². The fraction of sp³-hybridized carbons (Fsp3) is 0.250. The average Bonchev–Trinajstić information content (AvgIpc) is 2.48. The molecule has 2 rings (SSSR count). The average molecular weight is 315 g/mol. The van der Waals surface area contributed by atoms with Crippen LogP contribution < -0.4 is 10.9 Å². The molecule has 0 bridgehead atoms. The Hall–Kier alpha value is -2.96. The van der Waals surface area contributed by atoms with Gasteiger partial charge in [0.25, 0.3) is 0 Å². The van der Waals surface area contributed by atoms with Gasteiger partial charge in [0.15, 0.2) is 0 Å². The molecule has 0 aliphatic carbocycles. The molecule has 0 aliphatic rings. The van der Waals surface area contributed by atoms with Crippen molar-refractivity contribution in [2.24, 2.45) is 0 Å². The van der Waals surface area contributed by atoms with Gasteiger partial charge in [-0.25, -0.2) is 0 Å². The number of rotatable bonds is 5. The van der Waals surface area contributed by atoms with Crippen LogP contribution in [0.2, 0.25) is 0 Å². The first-order valence-electron chi connectivity index (χ1n) is 7.05. The number of benzene rings is 1. The minimum atomic E-state index is -0.777. The molecule has 23 heavy (non-hydrogen) atoms. The van der Waals surface area contributed by atoms with E-state index in [2.05, 4.69) is 5.32 Å². The third-order valence-electron chi connectivity index (χ3n) is 3.41. The summed E-state index contributed by atoms with van der Waals surface area (Å²) in [7, 11) is 0. The van der Waals surface area contributed by atoms with Crippen molar-refractivity contribution in [1.29, 1.82) is 0 Å². The molecule has 0 unspecified atom stereocenters. The number of pyridine rings is 1. The second kappa shape index (κ2) is 6.87. The summed E-state index contributed by atoms with van der Waals surface area (Å²) in [4.78, 5) is 34.2. The van der Waals surface area contributed by atoms with E-state index in [1.807, 2.05) is 31.2 Å². The van der Waals surface area contributed by atoms with Gasteiger partial charge in [-0.1, -0.05) is 29.8 Å². The molecule has 7 nitrogen and oxygen atoms in total. The lowest BCUT2D eigenvalue weighted by Gasteiger charge is -2.08. The second-order valence-corrected chi connectivity index (χ2v) is 5.30. The molecule has 1 aromatic heterocycles. The summed E-state index contributed by atoms with van der Waals surface area (Å²) in [6, 6.07) is 9.13. The van der Waals surface area contributed by atoms with Gasteiger partial charge in [-0.3, -0.25) is 19.7 Å². The SMILES string of the molecule is Cc1cccc(CNC(=O)Cn2ccc(C)c([N+](=O)[O-])c2=O)c1. The van der Waals surface area contributed by atoms with Gasteiger partial charge in [0.2, 0.25) is 5.91 Å². The molecule has 1 amide bonds. The number of nitrogens with zero attached hydrogens (tertiary/aromatic N) is 2. The minimum Gasteiger partial charge on any atom is -0.350 e. The Morgan fingerprint density at radius 2 is 2.04 bits per heavy atom. The Morgan fingerprint density at radius 3 is 2.70 bits per heavy atom. The number of carbonyl (C=O) groups is 1. The number of aromatic nitrogens is 1. The molecule has 0 spiro atoms. The molecule has 0 radical (unpaired) electrons. The normalized spacial score (nSPS) is 10.3. The number of hydrogen-bond donors (Lipinski definition) is 1. The fourth-order valence-corrected chi connectivity index (χ4v) is 2.23. The first kappa shape index (κ1) is 16.4. The standard InChI is InChI=1S/C16H17N3O4/c1-11-4-3-5-13(8-11)9-17-14(20)10-18-7-6-12(2)15(16(18)21)19(22)23/h3-8H,9-10H2,1-2H3,(H,17,20). The summed E-state index contributed by atoms with van der Waals surface area (Å²) in [6.07, 6.45) is 1.39. The van der Waals surface area contributed by atoms with Crippen molar-refractivity contribution < 1.29 is 9.72 Å². The summed E-state index contributed by atoms with van der Waals surface area (Å²) in [5.41, 5.74) is 1.03. The van der Waals surface area contributed by atoms with Gasteiger partial charge in [0, 0.05) is 18.3 Å². The van der Waals surface area contributed by atoms with Crippen LogP contribution in [-0.2, 0) is 17.9 Å². The van der Waals surface area contributed by atoms with Crippen molar-refractivity contribution in [3.05, 3.63) is 73.7 Å². The van der Waals surface area contributed by atoms with Crippen molar-refractivity contribution >= 4 is 11.6 Å². The molecule has 2 aromatic rings. The van der Waals surface area contributed by atoms with E-state index >= 15 is 0 Å². The molecule has 120 valence electrons. The van der Waals surface area contributed by atoms with E-state index in [-0.39, 0.29) is 18.0 Å². The maximum Gasteiger partial charge on any atom is 0.336 e. The van der Waals surface area contributed by atoms with Gasteiger partial charge in [-0.2, -0.15) is 0 Å². The molecule has 0 saturated carbocycles. The van der Waals surface area contributed by atoms with E-state index in [1.54, 1.807) is 0 Å². The van der Waals surface area contributed by atoms with E-state index < -0.39 is 16.2 Å². The minimum absolute atomic E-state index is 0.258. The quantitative estimate of drug-likeness (QED) is 0.671. The predicted octanol–water partition coefficient (Wildman–Crippen LogP) is 1.69. The molecule has 0 fully saturated rings. The van der Waals surface area contributed by atoms with Gasteiger partial charge in [0.1, 0.15) is 6.54 Å². The van der Waals surface area contributed by atoms with Crippen LogP contribution in [0.15, 0.2) is 41.3 Å². The molecule has 0 aliphatic heterocycles. The Bertz CT molecular complexity index is 811. The number of carbonyl (C=O) groups excluding carboxylic acids is 1. The summed E-state index contributed by atoms with van der Waals surface area (Å²) in [6.45, 7) is 3.52. The van der Waals surface area contributed by atoms with Gasteiger partial charge in [0.05, 0.1) is 4.92 Å². The van der Waals surface area contributed by atoms with E-state index in [9.17, 15) is 19.7 Å². The van der Waals surface area contributed by atoms with Gasteiger partial charge in [-0.15, -0.1) is 0 Å². The van der Waals surface area contributed by atoms with Crippen molar-refractivity contribution in [2.45, 2.75) is 26.9 Å². The van der Waals surface area contributed by atoms with E-state index in [1.165, 1.54) is 19.2 Å². The summed E-state index contributed by atoms with van der Waals surface area (Å²) < 4.78 is 1.04. The Balaban J connectivity index is 2.08. The van der Waals surface area contributed by atoms with E-state index in [0.717, 1.165) is 15.7 Å². The van der Waals surface area contributed by atoms with Crippen LogP contribution in [0.3, 0.4) is 0 Å². The lowest BCUT2D eigenvalue weighted by Crippen LogP contribution is -2.32. The lowest BCUT2D eigenvalue weighted by atomic mass is 10.1. The molecule has 1 aromatic carbocycles. The first-order chi connectivity index (χ1) is 10.9. The van der Waals surface area contributed by atoms with Gasteiger partial charge >= 0.3 is 11.2 Å². The van der Waals surface area contributed by atoms with Crippen LogP contribution in [0.4, 0.5) is 5.69 Å². The number of hydrogen-bond acceptors (Lipinski definition) is 4. The van der Waals surface area contributed by atoms with Crippen molar-refractivity contribution in [3.8, 4) is 0 Å². The number of amides is 1. The highest BCUT2D eigenvalue weighted by Crippen LogP contribution is 2.10. The van der Waals surface area contributed by atoms with Crippen LogP contribution >= 0.6 is 0 Å². The number of nitrogens with one attached hydrogen (secondary N) is 1. The molecule has 1 N–H and O–H groups in total. The highest BCUT2D eigenvalue weighted by atomic mass is 16.6. The molecule has 1 heterocycles. The molecular weight excluding hydrogens is 298 g/mol. The zero-order valence-electron chi connectivity index (χ0n) is 12.9. The molecule has 0 saturated heterocycles. The maximum atomic E-state index is 12.0. The second-order valence-electron chi connectivity index (χ2n) is 5.30. The predicted molar refractivity (Wildman–Crippen MR) is 85.1 cm³/mol. The Morgan fingerprint density at radius 1 is 1.30 bits per heavy atom. The van der Waals surface area contributed by atoms with Crippen molar-refractivity contribution in [2.75, 3.05) is 0 Å². The highest BCUT2D eigenvalue weighted by Gasteiger charge is 2.19. The summed E-state index contributed by atoms with van der Waals surface area (Å²) in [5.74, 6) is -0.383. The highest BCUT2D eigenvalue weighted by molar-refractivity contribution is 5.75. The van der Waals surface area contributed by atoms with Crippen LogP contribution in [0.25, 0.3) is 0 Å². The van der Waals surface area contributed by atoms with Crippen LogP contribution in [0.1, 0.15) is 16.7 Å². The Kier molecular flexibility index (Phi) is 4.90. The van der Waals surface area contributed by atoms with Gasteiger partial charge < -0.3 is 9.88 Å². The van der Waals surface area contributed by atoms with Gasteiger partial charge in [-0.05, 0) is 25.5 Å². The van der Waals surface area contributed by atoms with E-state index in [4.69, 9.17) is 0 Å².